The number of aliphatic hydroxyl groups is 2. The number of halogens is 1. The maximum atomic E-state index is 13.2. The number of rotatable bonds is 6. The number of hydrogen-bond donors (Lipinski definition) is 2. The summed E-state index contributed by atoms with van der Waals surface area (Å²) in [7, 11) is 0. The Labute approximate surface area is 110 Å². The fraction of sp³-hybridized carbons (Fsp3) is 0.462. The Morgan fingerprint density at radius 2 is 2.00 bits per heavy atom. The summed E-state index contributed by atoms with van der Waals surface area (Å²) in [6.45, 7) is 3.68. The molecule has 0 aromatic heterocycles. The van der Waals surface area contributed by atoms with Gasteiger partial charge >= 0.3 is 5.97 Å². The van der Waals surface area contributed by atoms with E-state index in [0.717, 1.165) is 12.1 Å². The molecule has 0 radical (unpaired) electrons. The number of hydrogen-bond acceptors (Lipinski definition) is 5. The van der Waals surface area contributed by atoms with Crippen LogP contribution in [0.25, 0.3) is 0 Å². The molecule has 0 bridgehead atoms. The van der Waals surface area contributed by atoms with Crippen molar-refractivity contribution in [2.45, 2.75) is 26.1 Å². The van der Waals surface area contributed by atoms with Gasteiger partial charge in [-0.15, -0.1) is 0 Å². The van der Waals surface area contributed by atoms with Crippen LogP contribution in [0.2, 0.25) is 0 Å². The highest BCUT2D eigenvalue weighted by Crippen LogP contribution is 2.28. The van der Waals surface area contributed by atoms with E-state index < -0.39 is 24.0 Å². The fourth-order valence-electron chi connectivity index (χ4n) is 1.56. The zero-order valence-corrected chi connectivity index (χ0v) is 10.8. The summed E-state index contributed by atoms with van der Waals surface area (Å²) in [6, 6.07) is 3.51. The maximum Gasteiger partial charge on any atom is 0.338 e. The van der Waals surface area contributed by atoms with Crippen molar-refractivity contribution >= 4 is 5.97 Å². The number of benzene rings is 1. The highest BCUT2D eigenvalue weighted by molar-refractivity contribution is 5.75. The summed E-state index contributed by atoms with van der Waals surface area (Å²) in [5.74, 6) is -1.37. The topological polar surface area (TPSA) is 76.0 Å². The molecule has 0 aliphatic heterocycles. The van der Waals surface area contributed by atoms with Crippen LogP contribution in [0.4, 0.5) is 4.39 Å². The lowest BCUT2D eigenvalue weighted by atomic mass is 10.0. The Morgan fingerprint density at radius 3 is 2.58 bits per heavy atom. The molecule has 1 rings (SSSR count). The second-order valence-corrected chi connectivity index (χ2v) is 3.76. The molecule has 2 N–H and O–H groups in total. The second-order valence-electron chi connectivity index (χ2n) is 3.76. The van der Waals surface area contributed by atoms with E-state index in [1.807, 2.05) is 0 Å². The minimum Gasteiger partial charge on any atom is -0.493 e. The van der Waals surface area contributed by atoms with E-state index >= 15 is 0 Å². The SMILES string of the molecule is CCOC(=O)C(O)C(O)c1cc(F)ccc1OCC. The van der Waals surface area contributed by atoms with Crippen molar-refractivity contribution in [1.82, 2.24) is 0 Å². The predicted octanol–water partition coefficient (Wildman–Crippen LogP) is 1.18. The normalized spacial score (nSPS) is 13.7. The number of esters is 1. The molecule has 0 spiro atoms. The van der Waals surface area contributed by atoms with Gasteiger partial charge in [0.15, 0.2) is 6.10 Å². The zero-order chi connectivity index (χ0) is 14.4. The Balaban J connectivity index is 2.99. The Morgan fingerprint density at radius 1 is 1.32 bits per heavy atom. The van der Waals surface area contributed by atoms with Gasteiger partial charge in [-0.2, -0.15) is 0 Å². The van der Waals surface area contributed by atoms with Crippen LogP contribution in [-0.2, 0) is 9.53 Å². The van der Waals surface area contributed by atoms with Crippen LogP contribution in [-0.4, -0.2) is 35.5 Å². The lowest BCUT2D eigenvalue weighted by Crippen LogP contribution is -2.30. The summed E-state index contributed by atoms with van der Waals surface area (Å²) in [5, 5.41) is 19.6. The van der Waals surface area contributed by atoms with Crippen molar-refractivity contribution < 1.29 is 28.9 Å². The summed E-state index contributed by atoms with van der Waals surface area (Å²) in [4.78, 5) is 11.3. The Bertz CT molecular complexity index is 435. The van der Waals surface area contributed by atoms with Gasteiger partial charge in [0.2, 0.25) is 0 Å². The number of carbonyl (C=O) groups excluding carboxylic acids is 1. The molecule has 0 saturated carbocycles. The van der Waals surface area contributed by atoms with Crippen LogP contribution in [0.1, 0.15) is 25.5 Å². The third-order valence-corrected chi connectivity index (χ3v) is 2.42. The molecule has 5 nitrogen and oxygen atoms in total. The first kappa shape index (κ1) is 15.4. The van der Waals surface area contributed by atoms with Crippen molar-refractivity contribution in [2.24, 2.45) is 0 Å². The first-order chi connectivity index (χ1) is 9.01. The summed E-state index contributed by atoms with van der Waals surface area (Å²) < 4.78 is 23.0. The van der Waals surface area contributed by atoms with E-state index in [1.54, 1.807) is 13.8 Å². The van der Waals surface area contributed by atoms with E-state index in [4.69, 9.17) is 4.74 Å². The maximum absolute atomic E-state index is 13.2. The molecular formula is C13H17FO5. The summed E-state index contributed by atoms with van der Waals surface area (Å²) in [5.41, 5.74) is 0.00223. The molecule has 0 saturated heterocycles. The first-order valence-corrected chi connectivity index (χ1v) is 5.96. The molecule has 2 atom stereocenters. The number of carbonyl (C=O) groups is 1. The monoisotopic (exact) mass is 272 g/mol. The Hall–Kier alpha value is -1.66. The van der Waals surface area contributed by atoms with Gasteiger partial charge in [-0.05, 0) is 32.0 Å². The van der Waals surface area contributed by atoms with Crippen molar-refractivity contribution in [2.75, 3.05) is 13.2 Å². The third-order valence-electron chi connectivity index (χ3n) is 2.42. The molecule has 1 aromatic carbocycles. The molecule has 2 unspecified atom stereocenters. The van der Waals surface area contributed by atoms with Crippen LogP contribution in [0.3, 0.4) is 0 Å². The van der Waals surface area contributed by atoms with Crippen LogP contribution in [0.15, 0.2) is 18.2 Å². The van der Waals surface area contributed by atoms with E-state index in [0.29, 0.717) is 6.61 Å². The summed E-state index contributed by atoms with van der Waals surface area (Å²) >= 11 is 0. The molecule has 0 aliphatic carbocycles. The molecular weight excluding hydrogens is 255 g/mol. The smallest absolute Gasteiger partial charge is 0.338 e. The second kappa shape index (κ2) is 7.06. The predicted molar refractivity (Wildman–Crippen MR) is 65.2 cm³/mol. The zero-order valence-electron chi connectivity index (χ0n) is 10.8. The van der Waals surface area contributed by atoms with Crippen molar-refractivity contribution in [3.8, 4) is 5.75 Å². The van der Waals surface area contributed by atoms with Crippen LogP contribution >= 0.6 is 0 Å². The van der Waals surface area contributed by atoms with Gasteiger partial charge in [-0.25, -0.2) is 9.18 Å². The molecule has 0 fully saturated rings. The van der Waals surface area contributed by atoms with Crippen LogP contribution < -0.4 is 4.74 Å². The molecule has 0 heterocycles. The van der Waals surface area contributed by atoms with E-state index in [1.165, 1.54) is 6.07 Å². The highest BCUT2D eigenvalue weighted by Gasteiger charge is 2.29. The first-order valence-electron chi connectivity index (χ1n) is 5.96. The van der Waals surface area contributed by atoms with E-state index in [-0.39, 0.29) is 17.9 Å². The summed E-state index contributed by atoms with van der Waals surface area (Å²) in [6.07, 6.45) is -3.41. The Kier molecular flexibility index (Phi) is 5.72. The van der Waals surface area contributed by atoms with Gasteiger partial charge < -0.3 is 19.7 Å². The average Bonchev–Trinajstić information content (AvgIpc) is 2.39. The highest BCUT2D eigenvalue weighted by atomic mass is 19.1. The minimum atomic E-state index is -1.79. The van der Waals surface area contributed by atoms with Crippen molar-refractivity contribution in [3.05, 3.63) is 29.6 Å². The molecule has 106 valence electrons. The molecule has 1 aromatic rings. The number of ether oxygens (including phenoxy) is 2. The standard InChI is InChI=1S/C13H17FO5/c1-3-18-10-6-5-8(14)7-9(10)11(15)12(16)13(17)19-4-2/h5-7,11-12,15-16H,3-4H2,1-2H3. The van der Waals surface area contributed by atoms with Gasteiger partial charge in [-0.1, -0.05) is 0 Å². The van der Waals surface area contributed by atoms with Crippen molar-refractivity contribution in [1.29, 1.82) is 0 Å². The fourth-order valence-corrected chi connectivity index (χ4v) is 1.56. The third kappa shape index (κ3) is 3.90. The molecule has 6 heteroatoms. The van der Waals surface area contributed by atoms with Crippen LogP contribution in [0.5, 0.6) is 5.75 Å². The van der Waals surface area contributed by atoms with Crippen LogP contribution in [0, 0.1) is 5.82 Å². The van der Waals surface area contributed by atoms with Gasteiger partial charge in [0.25, 0.3) is 0 Å². The average molecular weight is 272 g/mol. The minimum absolute atomic E-state index is 0.00223. The lowest BCUT2D eigenvalue weighted by molar-refractivity contribution is -0.159. The number of aliphatic hydroxyl groups excluding tert-OH is 2. The van der Waals surface area contributed by atoms with E-state index in [2.05, 4.69) is 4.74 Å². The molecule has 0 aliphatic rings. The lowest BCUT2D eigenvalue weighted by Gasteiger charge is -2.19. The van der Waals surface area contributed by atoms with Gasteiger partial charge in [0.1, 0.15) is 17.7 Å². The van der Waals surface area contributed by atoms with Gasteiger partial charge in [0.05, 0.1) is 13.2 Å². The van der Waals surface area contributed by atoms with E-state index in [9.17, 15) is 19.4 Å². The quantitative estimate of drug-likeness (QED) is 0.761. The van der Waals surface area contributed by atoms with Gasteiger partial charge in [-0.3, -0.25) is 0 Å². The largest absolute Gasteiger partial charge is 0.493 e. The molecule has 0 amide bonds. The molecule has 19 heavy (non-hydrogen) atoms. The van der Waals surface area contributed by atoms with Crippen molar-refractivity contribution in [3.63, 3.8) is 0 Å². The van der Waals surface area contributed by atoms with Gasteiger partial charge in [0, 0.05) is 5.56 Å².